The third kappa shape index (κ3) is 4.90. The summed E-state index contributed by atoms with van der Waals surface area (Å²) in [5, 5.41) is 3.48. The summed E-state index contributed by atoms with van der Waals surface area (Å²) < 4.78 is 11.0. The van der Waals surface area contributed by atoms with Gasteiger partial charge in [0.05, 0.1) is 0 Å². The van der Waals surface area contributed by atoms with E-state index in [0.717, 1.165) is 25.1 Å². The topological polar surface area (TPSA) is 29.1 Å². The molecule has 0 bridgehead atoms. The van der Waals surface area contributed by atoms with Crippen LogP contribution in [0, 0.1) is 0 Å². The molecule has 0 aliphatic carbocycles. The number of nitrogens with one attached hydrogen (secondary N) is 1. The Bertz CT molecular complexity index is 313. The molecule has 2 nitrogen and oxygen atoms in total. The Balaban J connectivity index is 2.51. The molecule has 0 aliphatic heterocycles. The van der Waals surface area contributed by atoms with Crippen LogP contribution >= 0.6 is 0 Å². The van der Waals surface area contributed by atoms with Gasteiger partial charge in [0.2, 0.25) is 0 Å². The standard InChI is InChI=1S/C13H21NOS/c1-3-7-13(14-10-11-16(2)15)12-8-5-4-6-9-12/h4-6,8-9,13-14H,3,7,10-11H2,1-2H3. The van der Waals surface area contributed by atoms with Crippen molar-refractivity contribution in [2.24, 2.45) is 0 Å². The zero-order valence-corrected chi connectivity index (χ0v) is 10.9. The Morgan fingerprint density at radius 1 is 1.31 bits per heavy atom. The normalized spacial score (nSPS) is 14.6. The zero-order chi connectivity index (χ0) is 11.8. The van der Waals surface area contributed by atoms with Crippen molar-refractivity contribution in [3.63, 3.8) is 0 Å². The van der Waals surface area contributed by atoms with Crippen LogP contribution in [0.1, 0.15) is 31.4 Å². The van der Waals surface area contributed by atoms with Gasteiger partial charge < -0.3 is 5.32 Å². The van der Waals surface area contributed by atoms with E-state index in [-0.39, 0.29) is 0 Å². The summed E-state index contributed by atoms with van der Waals surface area (Å²) in [6.45, 7) is 3.01. The number of hydrogen-bond donors (Lipinski definition) is 1. The fourth-order valence-corrected chi connectivity index (χ4v) is 2.14. The van der Waals surface area contributed by atoms with Crippen molar-refractivity contribution in [1.29, 1.82) is 0 Å². The largest absolute Gasteiger partial charge is 0.309 e. The summed E-state index contributed by atoms with van der Waals surface area (Å²) >= 11 is 0. The fourth-order valence-electron chi connectivity index (χ4n) is 1.74. The van der Waals surface area contributed by atoms with Gasteiger partial charge in [0.1, 0.15) is 0 Å². The first kappa shape index (κ1) is 13.4. The lowest BCUT2D eigenvalue weighted by Crippen LogP contribution is -2.25. The van der Waals surface area contributed by atoms with Gasteiger partial charge in [-0.2, -0.15) is 0 Å². The second-order valence-corrected chi connectivity index (χ2v) is 5.54. The molecule has 1 rings (SSSR count). The molecule has 0 spiro atoms. The number of rotatable bonds is 7. The second-order valence-electron chi connectivity index (χ2n) is 3.98. The van der Waals surface area contributed by atoms with Crippen molar-refractivity contribution in [3.8, 4) is 0 Å². The smallest absolute Gasteiger partial charge is 0.0357 e. The molecule has 0 amide bonds. The van der Waals surface area contributed by atoms with E-state index in [1.54, 1.807) is 6.26 Å². The molecule has 2 unspecified atom stereocenters. The highest BCUT2D eigenvalue weighted by Crippen LogP contribution is 2.17. The van der Waals surface area contributed by atoms with Crippen molar-refractivity contribution in [2.75, 3.05) is 18.6 Å². The van der Waals surface area contributed by atoms with Gasteiger partial charge in [-0.3, -0.25) is 4.21 Å². The Morgan fingerprint density at radius 2 is 2.00 bits per heavy atom. The van der Waals surface area contributed by atoms with Crippen LogP contribution in [0.2, 0.25) is 0 Å². The van der Waals surface area contributed by atoms with Crippen molar-refractivity contribution in [2.45, 2.75) is 25.8 Å². The lowest BCUT2D eigenvalue weighted by atomic mass is 10.0. The predicted molar refractivity (Wildman–Crippen MR) is 71.0 cm³/mol. The van der Waals surface area contributed by atoms with Gasteiger partial charge in [0.15, 0.2) is 0 Å². The third-order valence-corrected chi connectivity index (χ3v) is 3.34. The van der Waals surface area contributed by atoms with Crippen LogP contribution < -0.4 is 5.32 Å². The molecule has 90 valence electrons. The maximum Gasteiger partial charge on any atom is 0.0357 e. The minimum atomic E-state index is -0.705. The molecule has 16 heavy (non-hydrogen) atoms. The van der Waals surface area contributed by atoms with E-state index in [4.69, 9.17) is 0 Å². The Labute approximate surface area is 101 Å². The molecule has 0 heterocycles. The average molecular weight is 239 g/mol. The summed E-state index contributed by atoms with van der Waals surface area (Å²) in [6, 6.07) is 10.9. The first-order valence-electron chi connectivity index (χ1n) is 5.82. The highest BCUT2D eigenvalue weighted by Gasteiger charge is 2.08. The highest BCUT2D eigenvalue weighted by atomic mass is 32.2. The van der Waals surface area contributed by atoms with E-state index in [9.17, 15) is 4.21 Å². The van der Waals surface area contributed by atoms with E-state index in [0.29, 0.717) is 6.04 Å². The average Bonchev–Trinajstić information content (AvgIpc) is 2.29. The Hall–Kier alpha value is -0.670. The molecule has 1 aromatic carbocycles. The SMILES string of the molecule is CCCC(NCCS(C)=O)c1ccccc1. The molecule has 1 aromatic rings. The lowest BCUT2D eigenvalue weighted by molar-refractivity contribution is 0.510. The molecule has 0 aliphatic rings. The summed E-state index contributed by atoms with van der Waals surface area (Å²) in [5.41, 5.74) is 1.33. The van der Waals surface area contributed by atoms with Gasteiger partial charge in [-0.05, 0) is 12.0 Å². The van der Waals surface area contributed by atoms with Crippen LogP contribution in [0.15, 0.2) is 30.3 Å². The Morgan fingerprint density at radius 3 is 2.56 bits per heavy atom. The van der Waals surface area contributed by atoms with Crippen molar-refractivity contribution in [1.82, 2.24) is 5.32 Å². The van der Waals surface area contributed by atoms with Crippen LogP contribution in [-0.4, -0.2) is 22.8 Å². The number of hydrogen-bond acceptors (Lipinski definition) is 2. The molecule has 2 atom stereocenters. The van der Waals surface area contributed by atoms with E-state index in [2.05, 4.69) is 36.5 Å². The van der Waals surface area contributed by atoms with Gasteiger partial charge in [-0.15, -0.1) is 0 Å². The van der Waals surface area contributed by atoms with Crippen molar-refractivity contribution in [3.05, 3.63) is 35.9 Å². The molecule has 1 N–H and O–H groups in total. The van der Waals surface area contributed by atoms with Crippen LogP contribution in [0.3, 0.4) is 0 Å². The minimum Gasteiger partial charge on any atom is -0.309 e. The van der Waals surface area contributed by atoms with Crippen LogP contribution in [0.25, 0.3) is 0 Å². The molecule has 0 radical (unpaired) electrons. The van der Waals surface area contributed by atoms with E-state index in [1.165, 1.54) is 5.56 Å². The summed E-state index contributed by atoms with van der Waals surface area (Å²) in [4.78, 5) is 0. The van der Waals surface area contributed by atoms with Gasteiger partial charge in [-0.25, -0.2) is 0 Å². The lowest BCUT2D eigenvalue weighted by Gasteiger charge is -2.18. The molecule has 0 aromatic heterocycles. The zero-order valence-electron chi connectivity index (χ0n) is 10.1. The second kappa shape index (κ2) is 7.58. The van der Waals surface area contributed by atoms with E-state index < -0.39 is 10.8 Å². The molecular formula is C13H21NOS. The summed E-state index contributed by atoms with van der Waals surface area (Å²) in [5.74, 6) is 0.729. The van der Waals surface area contributed by atoms with Gasteiger partial charge in [-0.1, -0.05) is 43.7 Å². The summed E-state index contributed by atoms with van der Waals surface area (Å²) in [7, 11) is -0.705. The van der Waals surface area contributed by atoms with E-state index >= 15 is 0 Å². The fraction of sp³-hybridized carbons (Fsp3) is 0.538. The van der Waals surface area contributed by atoms with Crippen LogP contribution in [0.4, 0.5) is 0 Å². The van der Waals surface area contributed by atoms with Gasteiger partial charge >= 0.3 is 0 Å². The Kier molecular flexibility index (Phi) is 6.34. The predicted octanol–water partition coefficient (Wildman–Crippen LogP) is 2.50. The van der Waals surface area contributed by atoms with Crippen LogP contribution in [-0.2, 0) is 10.8 Å². The number of benzene rings is 1. The van der Waals surface area contributed by atoms with Crippen molar-refractivity contribution >= 4 is 10.8 Å². The third-order valence-electron chi connectivity index (χ3n) is 2.56. The molecule has 0 saturated carbocycles. The van der Waals surface area contributed by atoms with E-state index in [1.807, 2.05) is 6.07 Å². The minimum absolute atomic E-state index is 0.398. The highest BCUT2D eigenvalue weighted by molar-refractivity contribution is 7.84. The maximum atomic E-state index is 11.0. The quantitative estimate of drug-likeness (QED) is 0.792. The maximum absolute atomic E-state index is 11.0. The monoisotopic (exact) mass is 239 g/mol. The van der Waals surface area contributed by atoms with Crippen LogP contribution in [0.5, 0.6) is 0 Å². The molecule has 0 fully saturated rings. The molecule has 0 saturated heterocycles. The van der Waals surface area contributed by atoms with Crippen molar-refractivity contribution < 1.29 is 4.21 Å². The first-order chi connectivity index (χ1) is 7.74. The van der Waals surface area contributed by atoms with Gasteiger partial charge in [0, 0.05) is 35.4 Å². The first-order valence-corrected chi connectivity index (χ1v) is 7.55. The molecule has 3 heteroatoms. The summed E-state index contributed by atoms with van der Waals surface area (Å²) in [6.07, 6.45) is 4.03. The molecular weight excluding hydrogens is 218 g/mol. The van der Waals surface area contributed by atoms with Gasteiger partial charge in [0.25, 0.3) is 0 Å².